The molecular weight excluding hydrogens is 368 g/mol. The monoisotopic (exact) mass is 394 g/mol. The third-order valence-electron chi connectivity index (χ3n) is 4.74. The Bertz CT molecular complexity index is 935. The van der Waals surface area contributed by atoms with Crippen molar-refractivity contribution in [3.63, 3.8) is 0 Å². The number of hydrogen-bond acceptors (Lipinski definition) is 4. The molecule has 0 unspecified atom stereocenters. The molecule has 2 aromatic carbocycles. The molecule has 0 fully saturated rings. The number of aryl methyl sites for hydroxylation is 1. The first-order valence-electron chi connectivity index (χ1n) is 9.44. The topological polar surface area (TPSA) is 42.4 Å². The van der Waals surface area contributed by atoms with Crippen molar-refractivity contribution < 1.29 is 9.53 Å². The highest BCUT2D eigenvalue weighted by atomic mass is 32.1. The molecule has 0 aliphatic heterocycles. The van der Waals surface area contributed by atoms with Gasteiger partial charge in [-0.05, 0) is 57.0 Å². The van der Waals surface area contributed by atoms with Crippen LogP contribution in [-0.2, 0) is 13.2 Å². The second kappa shape index (κ2) is 9.02. The maximum atomic E-state index is 12.9. The minimum atomic E-state index is 0.0248. The smallest absolute Gasteiger partial charge is 0.254 e. The summed E-state index contributed by atoms with van der Waals surface area (Å²) in [4.78, 5) is 19.4. The summed E-state index contributed by atoms with van der Waals surface area (Å²) in [6.07, 6.45) is 0. The minimum Gasteiger partial charge on any atom is -0.486 e. The van der Waals surface area contributed by atoms with Gasteiger partial charge in [-0.25, -0.2) is 4.98 Å². The average Bonchev–Trinajstić information content (AvgIpc) is 3.15. The summed E-state index contributed by atoms with van der Waals surface area (Å²) in [7, 11) is 0. The van der Waals surface area contributed by atoms with Crippen LogP contribution >= 0.6 is 11.3 Å². The molecule has 1 aromatic heterocycles. The minimum absolute atomic E-state index is 0.0248. The van der Waals surface area contributed by atoms with Crippen LogP contribution in [0.3, 0.4) is 0 Å². The van der Waals surface area contributed by atoms with Gasteiger partial charge in [-0.1, -0.05) is 30.3 Å². The molecule has 3 rings (SSSR count). The van der Waals surface area contributed by atoms with Crippen LogP contribution in [0.25, 0.3) is 0 Å². The first kappa shape index (κ1) is 20.1. The third-order valence-corrected chi connectivity index (χ3v) is 5.61. The van der Waals surface area contributed by atoms with Gasteiger partial charge in [0, 0.05) is 17.0 Å². The van der Waals surface area contributed by atoms with Gasteiger partial charge in [-0.15, -0.1) is 11.3 Å². The van der Waals surface area contributed by atoms with Crippen molar-refractivity contribution in [1.29, 1.82) is 0 Å². The van der Waals surface area contributed by atoms with Crippen molar-refractivity contribution in [1.82, 2.24) is 9.88 Å². The van der Waals surface area contributed by atoms with Crippen LogP contribution in [0.5, 0.6) is 5.75 Å². The lowest BCUT2D eigenvalue weighted by Crippen LogP contribution is -2.36. The SMILES string of the molecule is Cc1cccc(OCc2nc(CN(C(=O)c3ccccc3)C(C)C)cs2)c1C. The highest BCUT2D eigenvalue weighted by molar-refractivity contribution is 7.09. The zero-order chi connectivity index (χ0) is 20.1. The number of aromatic nitrogens is 1. The molecule has 28 heavy (non-hydrogen) atoms. The molecule has 0 N–H and O–H groups in total. The average molecular weight is 395 g/mol. The number of carbonyl (C=O) groups is 1. The fourth-order valence-corrected chi connectivity index (χ4v) is 3.61. The molecule has 4 nitrogen and oxygen atoms in total. The molecular formula is C23H26N2O2S. The molecule has 0 atom stereocenters. The normalized spacial score (nSPS) is 10.9. The van der Waals surface area contributed by atoms with E-state index in [4.69, 9.17) is 4.74 Å². The number of amides is 1. The van der Waals surface area contributed by atoms with Crippen molar-refractivity contribution in [3.05, 3.63) is 81.3 Å². The fourth-order valence-electron chi connectivity index (χ4n) is 2.92. The summed E-state index contributed by atoms with van der Waals surface area (Å²) in [6, 6.07) is 15.5. The highest BCUT2D eigenvalue weighted by Crippen LogP contribution is 2.23. The molecule has 3 aromatic rings. The largest absolute Gasteiger partial charge is 0.486 e. The van der Waals surface area contributed by atoms with Crippen molar-refractivity contribution in [2.45, 2.75) is 46.9 Å². The first-order valence-corrected chi connectivity index (χ1v) is 10.3. The predicted octanol–water partition coefficient (Wildman–Crippen LogP) is 5.39. The van der Waals surface area contributed by atoms with E-state index in [-0.39, 0.29) is 11.9 Å². The first-order chi connectivity index (χ1) is 13.5. The van der Waals surface area contributed by atoms with E-state index in [2.05, 4.69) is 24.9 Å². The molecule has 0 radical (unpaired) electrons. The van der Waals surface area contributed by atoms with Gasteiger partial charge in [0.1, 0.15) is 17.4 Å². The second-order valence-corrected chi connectivity index (χ2v) is 8.05. The van der Waals surface area contributed by atoms with Crippen LogP contribution in [0, 0.1) is 13.8 Å². The number of rotatable bonds is 7. The molecule has 0 saturated heterocycles. The van der Waals surface area contributed by atoms with Crippen LogP contribution in [-0.4, -0.2) is 21.8 Å². The molecule has 0 aliphatic carbocycles. The number of ether oxygens (including phenoxy) is 1. The zero-order valence-electron chi connectivity index (χ0n) is 16.8. The number of carbonyl (C=O) groups excluding carboxylic acids is 1. The van der Waals surface area contributed by atoms with Gasteiger partial charge in [-0.3, -0.25) is 4.79 Å². The van der Waals surface area contributed by atoms with Crippen molar-refractivity contribution in [2.24, 2.45) is 0 Å². The van der Waals surface area contributed by atoms with Gasteiger partial charge in [-0.2, -0.15) is 0 Å². The van der Waals surface area contributed by atoms with Gasteiger partial charge < -0.3 is 9.64 Å². The lowest BCUT2D eigenvalue weighted by atomic mass is 10.1. The molecule has 0 aliphatic rings. The summed E-state index contributed by atoms with van der Waals surface area (Å²) < 4.78 is 5.95. The number of thiazole rings is 1. The number of benzene rings is 2. The molecule has 5 heteroatoms. The summed E-state index contributed by atoms with van der Waals surface area (Å²) >= 11 is 1.57. The lowest BCUT2D eigenvalue weighted by molar-refractivity contribution is 0.0688. The van der Waals surface area contributed by atoms with E-state index in [0.29, 0.717) is 18.7 Å². The molecule has 0 bridgehead atoms. The van der Waals surface area contributed by atoms with E-state index in [1.54, 1.807) is 11.3 Å². The lowest BCUT2D eigenvalue weighted by Gasteiger charge is -2.26. The van der Waals surface area contributed by atoms with Gasteiger partial charge in [0.15, 0.2) is 0 Å². The Morgan fingerprint density at radius 3 is 2.57 bits per heavy atom. The van der Waals surface area contributed by atoms with E-state index in [0.717, 1.165) is 22.0 Å². The van der Waals surface area contributed by atoms with Crippen LogP contribution in [0.15, 0.2) is 53.9 Å². The van der Waals surface area contributed by atoms with Gasteiger partial charge >= 0.3 is 0 Å². The fraction of sp³-hybridized carbons (Fsp3) is 0.304. The van der Waals surface area contributed by atoms with E-state index < -0.39 is 0 Å². The maximum absolute atomic E-state index is 12.9. The van der Waals surface area contributed by atoms with Gasteiger partial charge in [0.2, 0.25) is 0 Å². The Morgan fingerprint density at radius 1 is 1.11 bits per heavy atom. The van der Waals surface area contributed by atoms with E-state index in [9.17, 15) is 4.79 Å². The Kier molecular flexibility index (Phi) is 6.47. The summed E-state index contributed by atoms with van der Waals surface area (Å²) in [5.74, 6) is 0.914. The maximum Gasteiger partial charge on any atom is 0.254 e. The van der Waals surface area contributed by atoms with Crippen LogP contribution < -0.4 is 4.74 Å². The predicted molar refractivity (Wildman–Crippen MR) is 114 cm³/mol. The van der Waals surface area contributed by atoms with Crippen molar-refractivity contribution >= 4 is 17.2 Å². The van der Waals surface area contributed by atoms with E-state index in [1.807, 2.05) is 66.6 Å². The van der Waals surface area contributed by atoms with Gasteiger partial charge in [0.05, 0.1) is 12.2 Å². The summed E-state index contributed by atoms with van der Waals surface area (Å²) in [5.41, 5.74) is 3.95. The summed E-state index contributed by atoms with van der Waals surface area (Å²) in [6.45, 7) is 9.12. The Morgan fingerprint density at radius 2 is 1.86 bits per heavy atom. The number of hydrogen-bond donors (Lipinski definition) is 0. The molecule has 1 heterocycles. The zero-order valence-corrected chi connectivity index (χ0v) is 17.6. The summed E-state index contributed by atoms with van der Waals surface area (Å²) in [5, 5.41) is 2.92. The molecule has 146 valence electrons. The second-order valence-electron chi connectivity index (χ2n) is 7.11. The highest BCUT2D eigenvalue weighted by Gasteiger charge is 2.20. The Hall–Kier alpha value is -2.66. The quantitative estimate of drug-likeness (QED) is 0.539. The van der Waals surface area contributed by atoms with Crippen molar-refractivity contribution in [2.75, 3.05) is 0 Å². The Balaban J connectivity index is 1.67. The molecule has 0 saturated carbocycles. The number of nitrogens with zero attached hydrogens (tertiary/aromatic N) is 2. The molecule has 0 spiro atoms. The van der Waals surface area contributed by atoms with Gasteiger partial charge in [0.25, 0.3) is 5.91 Å². The van der Waals surface area contributed by atoms with Crippen LogP contribution in [0.2, 0.25) is 0 Å². The van der Waals surface area contributed by atoms with Crippen LogP contribution in [0.1, 0.15) is 46.0 Å². The third kappa shape index (κ3) is 4.78. The Labute approximate surface area is 170 Å². The van der Waals surface area contributed by atoms with Crippen molar-refractivity contribution in [3.8, 4) is 5.75 Å². The van der Waals surface area contributed by atoms with E-state index >= 15 is 0 Å². The standard InChI is InChI=1S/C23H26N2O2S/c1-16(2)25(23(26)19-10-6-5-7-11-19)13-20-15-28-22(24-20)14-27-21-12-8-9-17(3)18(21)4/h5-12,15-16H,13-14H2,1-4H3. The van der Waals surface area contributed by atoms with Crippen LogP contribution in [0.4, 0.5) is 0 Å². The van der Waals surface area contributed by atoms with E-state index in [1.165, 1.54) is 5.56 Å². The molecule has 1 amide bonds.